The molecule has 1 fully saturated rings. The molecule has 0 saturated carbocycles. The van der Waals surface area contributed by atoms with Crippen LogP contribution < -0.4 is 20.7 Å². The molecule has 0 spiro atoms. The molecule has 10 nitrogen and oxygen atoms in total. The van der Waals surface area contributed by atoms with Gasteiger partial charge in [-0.3, -0.25) is 4.90 Å². The van der Waals surface area contributed by atoms with Crippen LogP contribution in [0.1, 0.15) is 31.9 Å². The molecular formula is C26H33N3O7. The Morgan fingerprint density at radius 1 is 1.17 bits per heavy atom. The second-order valence-corrected chi connectivity index (χ2v) is 9.37. The molecule has 2 unspecified atom stereocenters. The third kappa shape index (κ3) is 7.61. The number of nitrogens with two attached hydrogens (primary N) is 1. The molecule has 10 heteroatoms. The number of benzene rings is 2. The summed E-state index contributed by atoms with van der Waals surface area (Å²) in [5.41, 5.74) is 7.44. The molecule has 194 valence electrons. The summed E-state index contributed by atoms with van der Waals surface area (Å²) in [6, 6.07) is 13.6. The van der Waals surface area contributed by atoms with Gasteiger partial charge >= 0.3 is 18.2 Å². The third-order valence-electron chi connectivity index (χ3n) is 5.31. The van der Waals surface area contributed by atoms with Crippen molar-refractivity contribution in [1.82, 2.24) is 5.32 Å². The van der Waals surface area contributed by atoms with Crippen molar-refractivity contribution in [2.45, 2.75) is 51.5 Å². The number of nitrogens with one attached hydrogen (secondary N) is 1. The Morgan fingerprint density at radius 3 is 2.53 bits per heavy atom. The van der Waals surface area contributed by atoms with Crippen LogP contribution in [0.4, 0.5) is 15.3 Å². The molecule has 1 saturated heterocycles. The number of cyclic esters (lactones) is 1. The molecule has 2 aromatic rings. The van der Waals surface area contributed by atoms with Gasteiger partial charge in [0.05, 0.1) is 13.7 Å². The number of nitrogens with zero attached hydrogens (tertiary/aromatic N) is 1. The fourth-order valence-corrected chi connectivity index (χ4v) is 3.60. The molecule has 2 aromatic carbocycles. The van der Waals surface area contributed by atoms with Gasteiger partial charge in [0.15, 0.2) is 6.10 Å². The van der Waals surface area contributed by atoms with Crippen molar-refractivity contribution in [3.63, 3.8) is 0 Å². The number of amides is 2. The van der Waals surface area contributed by atoms with Crippen LogP contribution in [0.3, 0.4) is 0 Å². The molecule has 0 aromatic heterocycles. The molecule has 3 N–H and O–H groups in total. The summed E-state index contributed by atoms with van der Waals surface area (Å²) in [6.45, 7) is 6.15. The number of carbonyl (C=O) groups excluding carboxylic acids is 3. The maximum Gasteiger partial charge on any atom is 0.414 e. The first-order valence-electron chi connectivity index (χ1n) is 11.6. The molecule has 2 amide bonds. The van der Waals surface area contributed by atoms with E-state index >= 15 is 0 Å². The Balaban J connectivity index is 1.54. The third-order valence-corrected chi connectivity index (χ3v) is 5.31. The Labute approximate surface area is 210 Å². The van der Waals surface area contributed by atoms with Gasteiger partial charge in [-0.25, -0.2) is 14.4 Å². The largest absolute Gasteiger partial charge is 0.490 e. The van der Waals surface area contributed by atoms with Crippen LogP contribution in [-0.2, 0) is 32.0 Å². The first kappa shape index (κ1) is 26.8. The minimum atomic E-state index is -0.904. The SMILES string of the molecule is COC(=O)C(Cc1ccc(OCC2CN(c3cccc(CN)c3)C(=O)O2)cc1)NC(=O)OC(C)(C)C. The summed E-state index contributed by atoms with van der Waals surface area (Å²) in [5, 5.41) is 2.55. The van der Waals surface area contributed by atoms with Gasteiger partial charge < -0.3 is 30.0 Å². The Hall–Kier alpha value is -3.79. The number of carbonyl (C=O) groups is 3. The molecule has 2 atom stereocenters. The van der Waals surface area contributed by atoms with Crippen molar-refractivity contribution in [2.24, 2.45) is 5.73 Å². The van der Waals surface area contributed by atoms with Crippen molar-refractivity contribution in [3.8, 4) is 5.75 Å². The van der Waals surface area contributed by atoms with Crippen molar-refractivity contribution < 1.29 is 33.3 Å². The fraction of sp³-hybridized carbons (Fsp3) is 0.423. The van der Waals surface area contributed by atoms with Gasteiger partial charge in [0, 0.05) is 18.7 Å². The van der Waals surface area contributed by atoms with Gasteiger partial charge in [-0.05, 0) is 56.2 Å². The summed E-state index contributed by atoms with van der Waals surface area (Å²) in [7, 11) is 1.26. The second kappa shape index (κ2) is 11.8. The number of esters is 1. The van der Waals surface area contributed by atoms with E-state index in [4.69, 9.17) is 24.7 Å². The van der Waals surface area contributed by atoms with E-state index in [0.717, 1.165) is 16.8 Å². The zero-order valence-electron chi connectivity index (χ0n) is 21.0. The standard InChI is InChI=1S/C26H33N3O7/c1-26(2,3)36-24(31)28-22(23(30)33-4)13-17-8-10-20(11-9-17)34-16-21-15-29(25(32)35-21)19-7-5-6-18(12-19)14-27/h5-12,21-22H,13-16,27H2,1-4H3,(H,28,31). The number of anilines is 1. The molecular weight excluding hydrogens is 466 g/mol. The lowest BCUT2D eigenvalue weighted by Gasteiger charge is -2.22. The Morgan fingerprint density at radius 2 is 1.89 bits per heavy atom. The first-order valence-corrected chi connectivity index (χ1v) is 11.6. The predicted molar refractivity (Wildman–Crippen MR) is 133 cm³/mol. The van der Waals surface area contributed by atoms with Crippen molar-refractivity contribution in [2.75, 3.05) is 25.2 Å². The smallest absolute Gasteiger partial charge is 0.414 e. The highest BCUT2D eigenvalue weighted by Gasteiger charge is 2.33. The van der Waals surface area contributed by atoms with E-state index in [0.29, 0.717) is 18.8 Å². The summed E-state index contributed by atoms with van der Waals surface area (Å²) in [4.78, 5) is 38.1. The van der Waals surface area contributed by atoms with Gasteiger partial charge in [-0.1, -0.05) is 24.3 Å². The lowest BCUT2D eigenvalue weighted by Crippen LogP contribution is -2.45. The van der Waals surface area contributed by atoms with E-state index in [-0.39, 0.29) is 13.0 Å². The number of methoxy groups -OCH3 is 1. The van der Waals surface area contributed by atoms with E-state index in [2.05, 4.69) is 5.32 Å². The molecule has 1 heterocycles. The van der Waals surface area contributed by atoms with Crippen LogP contribution in [0, 0.1) is 0 Å². The Kier molecular flexibility index (Phi) is 8.76. The highest BCUT2D eigenvalue weighted by atomic mass is 16.6. The lowest BCUT2D eigenvalue weighted by atomic mass is 10.1. The van der Waals surface area contributed by atoms with Crippen molar-refractivity contribution in [3.05, 3.63) is 59.7 Å². The van der Waals surface area contributed by atoms with E-state index in [1.165, 1.54) is 7.11 Å². The minimum Gasteiger partial charge on any atom is -0.490 e. The topological polar surface area (TPSA) is 129 Å². The fourth-order valence-electron chi connectivity index (χ4n) is 3.60. The number of hydrogen-bond acceptors (Lipinski definition) is 8. The molecule has 1 aliphatic rings. The average Bonchev–Trinajstić information content (AvgIpc) is 3.22. The zero-order chi connectivity index (χ0) is 26.3. The summed E-state index contributed by atoms with van der Waals surface area (Å²) < 4.78 is 21.3. The van der Waals surface area contributed by atoms with Gasteiger partial charge in [-0.2, -0.15) is 0 Å². The number of alkyl carbamates (subject to hydrolysis) is 1. The van der Waals surface area contributed by atoms with E-state index < -0.39 is 35.9 Å². The quantitative estimate of drug-likeness (QED) is 0.398. The van der Waals surface area contributed by atoms with Crippen LogP contribution in [0.5, 0.6) is 5.75 Å². The predicted octanol–water partition coefficient (Wildman–Crippen LogP) is 3.16. The van der Waals surface area contributed by atoms with Gasteiger partial charge in [0.1, 0.15) is 24.0 Å². The monoisotopic (exact) mass is 499 g/mol. The van der Waals surface area contributed by atoms with Crippen molar-refractivity contribution >= 4 is 23.8 Å². The Bertz CT molecular complexity index is 1070. The van der Waals surface area contributed by atoms with Gasteiger partial charge in [0.25, 0.3) is 0 Å². The molecule has 0 aliphatic carbocycles. The highest BCUT2D eigenvalue weighted by Crippen LogP contribution is 2.23. The zero-order valence-corrected chi connectivity index (χ0v) is 21.0. The molecule has 3 rings (SSSR count). The molecule has 1 aliphatic heterocycles. The first-order chi connectivity index (χ1) is 17.1. The van der Waals surface area contributed by atoms with E-state index in [9.17, 15) is 14.4 Å². The molecule has 0 bridgehead atoms. The van der Waals surface area contributed by atoms with Gasteiger partial charge in [-0.15, -0.1) is 0 Å². The summed E-state index contributed by atoms with van der Waals surface area (Å²) >= 11 is 0. The summed E-state index contributed by atoms with van der Waals surface area (Å²) in [6.07, 6.45) is -1.35. The maximum absolute atomic E-state index is 12.3. The van der Waals surface area contributed by atoms with Crippen LogP contribution in [0.25, 0.3) is 0 Å². The average molecular weight is 500 g/mol. The minimum absolute atomic E-state index is 0.184. The van der Waals surface area contributed by atoms with E-state index in [1.807, 2.05) is 24.3 Å². The lowest BCUT2D eigenvalue weighted by molar-refractivity contribution is -0.143. The number of hydrogen-bond donors (Lipinski definition) is 2. The van der Waals surface area contributed by atoms with Gasteiger partial charge in [0.2, 0.25) is 0 Å². The molecule has 0 radical (unpaired) electrons. The summed E-state index contributed by atoms with van der Waals surface area (Å²) in [5.74, 6) is -0.00103. The number of ether oxygens (including phenoxy) is 4. The normalized spacial score (nSPS) is 16.2. The van der Waals surface area contributed by atoms with Crippen LogP contribution in [0.15, 0.2) is 48.5 Å². The maximum atomic E-state index is 12.3. The highest BCUT2D eigenvalue weighted by molar-refractivity contribution is 5.89. The van der Waals surface area contributed by atoms with Crippen LogP contribution in [-0.4, -0.2) is 56.2 Å². The second-order valence-electron chi connectivity index (χ2n) is 9.37. The van der Waals surface area contributed by atoms with Crippen LogP contribution in [0.2, 0.25) is 0 Å². The molecule has 36 heavy (non-hydrogen) atoms. The van der Waals surface area contributed by atoms with Crippen molar-refractivity contribution in [1.29, 1.82) is 0 Å². The van der Waals surface area contributed by atoms with E-state index in [1.54, 1.807) is 49.9 Å². The number of rotatable bonds is 9. The van der Waals surface area contributed by atoms with Crippen LogP contribution >= 0.6 is 0 Å².